The number of nitrogens with zero attached hydrogens (tertiary/aromatic N) is 2. The molecule has 28 heavy (non-hydrogen) atoms. The molecule has 2 aromatic heterocycles. The molecule has 5 nitrogen and oxygen atoms in total. The molecule has 0 aliphatic heterocycles. The second-order valence-electron chi connectivity index (χ2n) is 6.52. The molecule has 0 radical (unpaired) electrons. The predicted molar refractivity (Wildman–Crippen MR) is 111 cm³/mol. The van der Waals surface area contributed by atoms with Gasteiger partial charge in [-0.25, -0.2) is 4.98 Å². The number of carbonyl (C=O) groups is 1. The molecular formula is C22H18ClN3O2. The number of aromatic amines is 1. The molecule has 0 saturated carbocycles. The number of Topliss-reactive ketones (excluding diaryl/α,β-unsaturated/α-hetero) is 1. The first-order valence-corrected chi connectivity index (χ1v) is 9.40. The maximum Gasteiger partial charge on any atom is 0.259 e. The van der Waals surface area contributed by atoms with E-state index in [9.17, 15) is 9.59 Å². The summed E-state index contributed by atoms with van der Waals surface area (Å²) in [6.07, 6.45) is 3.50. The van der Waals surface area contributed by atoms with E-state index >= 15 is 0 Å². The third-order valence-electron chi connectivity index (χ3n) is 4.76. The fraction of sp³-hybridized carbons (Fsp3) is 0.136. The third-order valence-corrected chi connectivity index (χ3v) is 5.00. The predicted octanol–water partition coefficient (Wildman–Crippen LogP) is 4.69. The smallest absolute Gasteiger partial charge is 0.259 e. The minimum Gasteiger partial charge on any atom is -0.347 e. The minimum absolute atomic E-state index is 0.0997. The molecule has 2 aromatic carbocycles. The van der Waals surface area contributed by atoms with Crippen LogP contribution in [0.15, 0.2) is 65.8 Å². The summed E-state index contributed by atoms with van der Waals surface area (Å²) in [6, 6.07) is 14.8. The van der Waals surface area contributed by atoms with Gasteiger partial charge in [0.2, 0.25) is 0 Å². The van der Waals surface area contributed by atoms with E-state index in [0.29, 0.717) is 21.5 Å². The fourth-order valence-corrected chi connectivity index (χ4v) is 3.64. The molecule has 0 spiro atoms. The zero-order valence-electron chi connectivity index (χ0n) is 15.3. The number of aromatic nitrogens is 3. The van der Waals surface area contributed by atoms with Gasteiger partial charge in [-0.3, -0.25) is 14.2 Å². The Morgan fingerprint density at radius 1 is 1.14 bits per heavy atom. The van der Waals surface area contributed by atoms with Gasteiger partial charge in [0.05, 0.1) is 24.3 Å². The number of pyridine rings is 1. The van der Waals surface area contributed by atoms with Crippen molar-refractivity contribution in [3.8, 4) is 11.1 Å². The van der Waals surface area contributed by atoms with Gasteiger partial charge in [-0.05, 0) is 29.1 Å². The van der Waals surface area contributed by atoms with E-state index in [1.54, 1.807) is 37.6 Å². The number of benzene rings is 2. The summed E-state index contributed by atoms with van der Waals surface area (Å²) in [5.74, 6) is -0.0997. The van der Waals surface area contributed by atoms with E-state index in [2.05, 4.69) is 9.97 Å². The molecule has 0 unspecified atom stereocenters. The number of fused-ring (bicyclic) bond motifs is 1. The molecular weight excluding hydrogens is 374 g/mol. The lowest BCUT2D eigenvalue weighted by atomic mass is 9.94. The number of nitrogens with one attached hydrogen (secondary N) is 1. The highest BCUT2D eigenvalue weighted by molar-refractivity contribution is 6.31. The van der Waals surface area contributed by atoms with Crippen LogP contribution in [0.2, 0.25) is 5.02 Å². The Bertz CT molecular complexity index is 1210. The van der Waals surface area contributed by atoms with Crippen LogP contribution in [0.1, 0.15) is 29.5 Å². The lowest BCUT2D eigenvalue weighted by Gasteiger charge is -2.19. The van der Waals surface area contributed by atoms with Crippen LogP contribution in [0.25, 0.3) is 21.9 Å². The standard InChI is InChI=1S/C22H18ClN3O2/c1-2-19(27)21-20(14-6-4-3-5-7-14)18-10-15(23)8-9-17(18)22(28)26(21)12-16-11-24-13-25-16/h3-11,13H,2,12H2,1H3,(H,24,25). The van der Waals surface area contributed by atoms with Crippen LogP contribution in [0.3, 0.4) is 0 Å². The Hall–Kier alpha value is -3.18. The van der Waals surface area contributed by atoms with Crippen molar-refractivity contribution in [3.63, 3.8) is 0 Å². The van der Waals surface area contributed by atoms with Crippen molar-refractivity contribution in [2.24, 2.45) is 0 Å². The second-order valence-corrected chi connectivity index (χ2v) is 6.96. The molecule has 0 bridgehead atoms. The Morgan fingerprint density at radius 3 is 2.61 bits per heavy atom. The van der Waals surface area contributed by atoms with Crippen LogP contribution in [0.4, 0.5) is 0 Å². The van der Waals surface area contributed by atoms with E-state index in [1.807, 2.05) is 30.3 Å². The van der Waals surface area contributed by atoms with Gasteiger partial charge in [-0.2, -0.15) is 0 Å². The first kappa shape index (κ1) is 18.2. The number of carbonyl (C=O) groups excluding carboxylic acids is 1. The molecule has 1 N–H and O–H groups in total. The quantitative estimate of drug-likeness (QED) is 0.502. The Morgan fingerprint density at radius 2 is 1.93 bits per heavy atom. The van der Waals surface area contributed by atoms with Gasteiger partial charge in [0.1, 0.15) is 0 Å². The normalized spacial score (nSPS) is 11.1. The second kappa shape index (κ2) is 7.44. The molecule has 0 saturated heterocycles. The monoisotopic (exact) mass is 391 g/mol. The highest BCUT2D eigenvalue weighted by Crippen LogP contribution is 2.33. The maximum atomic E-state index is 13.3. The van der Waals surface area contributed by atoms with Crippen molar-refractivity contribution in [3.05, 3.63) is 87.8 Å². The largest absolute Gasteiger partial charge is 0.347 e. The Kier molecular flexibility index (Phi) is 4.84. The highest BCUT2D eigenvalue weighted by Gasteiger charge is 2.22. The van der Waals surface area contributed by atoms with Crippen LogP contribution >= 0.6 is 11.6 Å². The first-order valence-electron chi connectivity index (χ1n) is 9.02. The summed E-state index contributed by atoms with van der Waals surface area (Å²) in [6.45, 7) is 2.03. The van der Waals surface area contributed by atoms with Crippen molar-refractivity contribution in [1.29, 1.82) is 0 Å². The van der Waals surface area contributed by atoms with E-state index in [-0.39, 0.29) is 24.3 Å². The molecule has 4 rings (SSSR count). The average Bonchev–Trinajstić information content (AvgIpc) is 3.23. The molecule has 0 atom stereocenters. The molecule has 4 aromatic rings. The molecule has 6 heteroatoms. The number of imidazole rings is 1. The molecule has 0 aliphatic carbocycles. The third kappa shape index (κ3) is 3.14. The SMILES string of the molecule is CCC(=O)c1c(-c2ccccc2)c2cc(Cl)ccc2c(=O)n1Cc1cnc[nH]1. The number of ketones is 1. The van der Waals surface area contributed by atoms with Crippen molar-refractivity contribution >= 4 is 28.2 Å². The fourth-order valence-electron chi connectivity index (χ4n) is 3.47. The molecule has 2 heterocycles. The summed E-state index contributed by atoms with van der Waals surface area (Å²) < 4.78 is 1.54. The Balaban J connectivity index is 2.16. The van der Waals surface area contributed by atoms with Crippen molar-refractivity contribution in [1.82, 2.24) is 14.5 Å². The van der Waals surface area contributed by atoms with Crippen molar-refractivity contribution < 1.29 is 4.79 Å². The number of hydrogen-bond acceptors (Lipinski definition) is 3. The topological polar surface area (TPSA) is 67.8 Å². The number of H-pyrrole nitrogens is 1. The number of rotatable bonds is 5. The lowest BCUT2D eigenvalue weighted by Crippen LogP contribution is -2.28. The summed E-state index contributed by atoms with van der Waals surface area (Å²) in [5.41, 5.74) is 2.51. The molecule has 0 fully saturated rings. The van der Waals surface area contributed by atoms with Gasteiger partial charge in [0.15, 0.2) is 5.78 Å². The summed E-state index contributed by atoms with van der Waals surface area (Å²) in [5, 5.41) is 1.72. The van der Waals surface area contributed by atoms with E-state index in [4.69, 9.17) is 11.6 Å². The van der Waals surface area contributed by atoms with Gasteiger partial charge in [-0.15, -0.1) is 0 Å². The van der Waals surface area contributed by atoms with E-state index in [1.165, 1.54) is 4.57 Å². The summed E-state index contributed by atoms with van der Waals surface area (Å²) in [4.78, 5) is 33.4. The van der Waals surface area contributed by atoms with Crippen LogP contribution < -0.4 is 5.56 Å². The highest BCUT2D eigenvalue weighted by atomic mass is 35.5. The number of halogens is 1. The van der Waals surface area contributed by atoms with Gasteiger partial charge >= 0.3 is 0 Å². The average molecular weight is 392 g/mol. The molecule has 0 amide bonds. The Labute approximate surface area is 166 Å². The number of hydrogen-bond donors (Lipinski definition) is 1. The van der Waals surface area contributed by atoms with Gasteiger partial charge < -0.3 is 4.98 Å². The zero-order valence-corrected chi connectivity index (χ0v) is 16.0. The van der Waals surface area contributed by atoms with Crippen LogP contribution in [-0.2, 0) is 6.54 Å². The maximum absolute atomic E-state index is 13.3. The van der Waals surface area contributed by atoms with Gasteiger partial charge in [0, 0.05) is 28.6 Å². The van der Waals surface area contributed by atoms with Crippen LogP contribution in [-0.4, -0.2) is 20.3 Å². The summed E-state index contributed by atoms with van der Waals surface area (Å²) in [7, 11) is 0. The van der Waals surface area contributed by atoms with E-state index < -0.39 is 0 Å². The van der Waals surface area contributed by atoms with E-state index in [0.717, 1.165) is 16.8 Å². The zero-order chi connectivity index (χ0) is 19.7. The first-order chi connectivity index (χ1) is 13.6. The summed E-state index contributed by atoms with van der Waals surface area (Å²) >= 11 is 6.24. The molecule has 140 valence electrons. The van der Waals surface area contributed by atoms with Crippen molar-refractivity contribution in [2.45, 2.75) is 19.9 Å². The molecule has 0 aliphatic rings. The van der Waals surface area contributed by atoms with Crippen LogP contribution in [0.5, 0.6) is 0 Å². The van der Waals surface area contributed by atoms with Crippen molar-refractivity contribution in [2.75, 3.05) is 0 Å². The van der Waals surface area contributed by atoms with Crippen LogP contribution in [0, 0.1) is 0 Å². The lowest BCUT2D eigenvalue weighted by molar-refractivity contribution is 0.0979. The van der Waals surface area contributed by atoms with Gasteiger partial charge in [0.25, 0.3) is 5.56 Å². The minimum atomic E-state index is -0.224. The van der Waals surface area contributed by atoms with Gasteiger partial charge in [-0.1, -0.05) is 48.9 Å².